The Bertz CT molecular complexity index is 1410. The Morgan fingerprint density at radius 2 is 1.67 bits per heavy atom. The van der Waals surface area contributed by atoms with Gasteiger partial charge in [-0.3, -0.25) is 9.69 Å². The van der Waals surface area contributed by atoms with E-state index in [1.807, 2.05) is 4.90 Å². The molecule has 0 saturated carbocycles. The Kier molecular flexibility index (Phi) is 6.40. The number of benzene rings is 2. The van der Waals surface area contributed by atoms with Gasteiger partial charge < -0.3 is 4.90 Å². The van der Waals surface area contributed by atoms with Crippen molar-refractivity contribution in [3.63, 3.8) is 0 Å². The van der Waals surface area contributed by atoms with Gasteiger partial charge in [0.2, 0.25) is 0 Å². The molecule has 36 heavy (non-hydrogen) atoms. The Labute approximate surface area is 208 Å². The minimum Gasteiger partial charge on any atom is -0.335 e. The van der Waals surface area contributed by atoms with Crippen molar-refractivity contribution in [1.29, 1.82) is 0 Å². The lowest BCUT2D eigenvalue weighted by atomic mass is 10.1. The number of rotatable bonds is 4. The second kappa shape index (κ2) is 9.51. The Morgan fingerprint density at radius 1 is 0.972 bits per heavy atom. The lowest BCUT2D eigenvalue weighted by Gasteiger charge is -2.34. The van der Waals surface area contributed by atoms with E-state index in [2.05, 4.69) is 10.1 Å². The SMILES string of the molecule is O=C(c1cc2nc(-c3ccc(Cl)cc3)cc(C(F)(F)F)n2n1)N1CCN(Cc2ccccc2F)CC1. The van der Waals surface area contributed by atoms with E-state index in [1.54, 1.807) is 42.5 Å². The summed E-state index contributed by atoms with van der Waals surface area (Å²) in [6.45, 7) is 2.10. The van der Waals surface area contributed by atoms with Gasteiger partial charge in [-0.2, -0.15) is 18.3 Å². The van der Waals surface area contributed by atoms with Crippen LogP contribution < -0.4 is 0 Å². The zero-order chi connectivity index (χ0) is 25.4. The van der Waals surface area contributed by atoms with Gasteiger partial charge in [-0.1, -0.05) is 41.9 Å². The van der Waals surface area contributed by atoms with Gasteiger partial charge in [-0.05, 0) is 24.3 Å². The molecule has 0 N–H and O–H groups in total. The van der Waals surface area contributed by atoms with Crippen LogP contribution in [0.5, 0.6) is 0 Å². The molecule has 1 aliphatic rings. The van der Waals surface area contributed by atoms with Gasteiger partial charge in [-0.25, -0.2) is 13.9 Å². The molecule has 2 aromatic carbocycles. The number of amides is 1. The topological polar surface area (TPSA) is 53.7 Å². The van der Waals surface area contributed by atoms with Crippen molar-refractivity contribution in [3.05, 3.63) is 88.5 Å². The summed E-state index contributed by atoms with van der Waals surface area (Å²) in [6, 6.07) is 15.0. The maximum Gasteiger partial charge on any atom is 0.433 e. The van der Waals surface area contributed by atoms with E-state index in [1.165, 1.54) is 17.0 Å². The Morgan fingerprint density at radius 3 is 2.33 bits per heavy atom. The van der Waals surface area contributed by atoms with Crippen LogP contribution >= 0.6 is 11.6 Å². The number of aromatic nitrogens is 3. The molecular weight excluding hydrogens is 498 g/mol. The summed E-state index contributed by atoms with van der Waals surface area (Å²) in [5, 5.41) is 4.41. The molecule has 3 heterocycles. The van der Waals surface area contributed by atoms with Gasteiger partial charge in [0.05, 0.1) is 5.69 Å². The van der Waals surface area contributed by atoms with Crippen molar-refractivity contribution in [2.75, 3.05) is 26.2 Å². The molecule has 1 aliphatic heterocycles. The molecule has 1 amide bonds. The molecule has 0 atom stereocenters. The highest BCUT2D eigenvalue weighted by Gasteiger charge is 2.36. The van der Waals surface area contributed by atoms with Gasteiger partial charge in [0.25, 0.3) is 5.91 Å². The number of alkyl halides is 3. The molecule has 186 valence electrons. The molecule has 1 saturated heterocycles. The van der Waals surface area contributed by atoms with Gasteiger partial charge in [-0.15, -0.1) is 0 Å². The normalized spacial score (nSPS) is 15.0. The maximum atomic E-state index is 13.9. The van der Waals surface area contributed by atoms with Crippen molar-refractivity contribution in [2.24, 2.45) is 0 Å². The number of fused-ring (bicyclic) bond motifs is 1. The van der Waals surface area contributed by atoms with Crippen LogP contribution in [0.25, 0.3) is 16.9 Å². The fourth-order valence-corrected chi connectivity index (χ4v) is 4.31. The van der Waals surface area contributed by atoms with Gasteiger partial charge in [0, 0.05) is 54.9 Å². The summed E-state index contributed by atoms with van der Waals surface area (Å²) >= 11 is 5.89. The standard InChI is InChI=1S/C25H20ClF4N5O/c26-18-7-5-16(6-8-18)20-13-22(25(28,29)30)35-23(31-20)14-21(32-35)24(36)34-11-9-33(10-12-34)15-17-3-1-2-4-19(17)27/h1-8,13-14H,9-12,15H2. The van der Waals surface area contributed by atoms with Crippen molar-refractivity contribution >= 4 is 23.2 Å². The van der Waals surface area contributed by atoms with E-state index in [0.29, 0.717) is 53.4 Å². The molecule has 2 aromatic heterocycles. The van der Waals surface area contributed by atoms with Gasteiger partial charge in [0.15, 0.2) is 17.0 Å². The summed E-state index contributed by atoms with van der Waals surface area (Å²) in [5.41, 5.74) is -0.134. The monoisotopic (exact) mass is 517 g/mol. The smallest absolute Gasteiger partial charge is 0.335 e. The van der Waals surface area contributed by atoms with E-state index in [0.717, 1.165) is 6.07 Å². The van der Waals surface area contributed by atoms with Crippen LogP contribution in [0.3, 0.4) is 0 Å². The molecule has 6 nitrogen and oxygen atoms in total. The van der Waals surface area contributed by atoms with Gasteiger partial charge in [0.1, 0.15) is 5.82 Å². The average molecular weight is 518 g/mol. The fraction of sp³-hybridized carbons (Fsp3) is 0.240. The van der Waals surface area contributed by atoms with E-state index in [9.17, 15) is 22.4 Å². The minimum absolute atomic E-state index is 0.0867. The first-order chi connectivity index (χ1) is 17.2. The highest BCUT2D eigenvalue weighted by atomic mass is 35.5. The number of nitrogens with zero attached hydrogens (tertiary/aromatic N) is 5. The van der Waals surface area contributed by atoms with Crippen LogP contribution in [0.1, 0.15) is 21.7 Å². The second-order valence-electron chi connectivity index (χ2n) is 8.49. The Hall–Kier alpha value is -3.50. The number of piperazine rings is 1. The summed E-state index contributed by atoms with van der Waals surface area (Å²) < 4.78 is 56.2. The largest absolute Gasteiger partial charge is 0.433 e. The lowest BCUT2D eigenvalue weighted by Crippen LogP contribution is -2.48. The molecule has 0 aliphatic carbocycles. The predicted octanol–water partition coefficient (Wildman–Crippen LogP) is 5.17. The van der Waals surface area contributed by atoms with Gasteiger partial charge >= 0.3 is 6.18 Å². The number of hydrogen-bond donors (Lipinski definition) is 0. The number of halogens is 5. The van der Waals surface area contributed by atoms with Crippen LogP contribution in [-0.4, -0.2) is 56.5 Å². The first kappa shape index (κ1) is 24.2. The zero-order valence-corrected chi connectivity index (χ0v) is 19.6. The minimum atomic E-state index is -4.72. The Balaban J connectivity index is 1.38. The average Bonchev–Trinajstić information content (AvgIpc) is 3.29. The van der Waals surface area contributed by atoms with E-state index >= 15 is 0 Å². The highest BCUT2D eigenvalue weighted by Crippen LogP contribution is 2.32. The summed E-state index contributed by atoms with van der Waals surface area (Å²) in [6.07, 6.45) is -4.72. The maximum absolute atomic E-state index is 13.9. The summed E-state index contributed by atoms with van der Waals surface area (Å²) in [7, 11) is 0. The van der Waals surface area contributed by atoms with E-state index in [-0.39, 0.29) is 22.9 Å². The first-order valence-electron chi connectivity index (χ1n) is 11.2. The highest BCUT2D eigenvalue weighted by molar-refractivity contribution is 6.30. The zero-order valence-electron chi connectivity index (χ0n) is 18.8. The first-order valence-corrected chi connectivity index (χ1v) is 11.6. The molecular formula is C25H20ClF4N5O. The summed E-state index contributed by atoms with van der Waals surface area (Å²) in [5.74, 6) is -0.765. The number of carbonyl (C=O) groups is 1. The molecule has 0 bridgehead atoms. The molecule has 0 unspecified atom stereocenters. The van der Waals surface area contributed by atoms with Crippen LogP contribution in [0.15, 0.2) is 60.7 Å². The van der Waals surface area contributed by atoms with Crippen LogP contribution in [0.4, 0.5) is 17.6 Å². The molecule has 4 aromatic rings. The molecule has 0 radical (unpaired) electrons. The van der Waals surface area contributed by atoms with Crippen molar-refractivity contribution in [3.8, 4) is 11.3 Å². The third kappa shape index (κ3) is 4.91. The second-order valence-corrected chi connectivity index (χ2v) is 8.93. The third-order valence-corrected chi connectivity index (χ3v) is 6.34. The summed E-state index contributed by atoms with van der Waals surface area (Å²) in [4.78, 5) is 21.0. The van der Waals surface area contributed by atoms with Crippen molar-refractivity contribution < 1.29 is 22.4 Å². The third-order valence-electron chi connectivity index (χ3n) is 6.09. The van der Waals surface area contributed by atoms with Crippen molar-refractivity contribution in [2.45, 2.75) is 12.7 Å². The quantitative estimate of drug-likeness (QED) is 0.351. The van der Waals surface area contributed by atoms with Crippen LogP contribution in [0.2, 0.25) is 5.02 Å². The van der Waals surface area contributed by atoms with Crippen molar-refractivity contribution in [1.82, 2.24) is 24.4 Å². The molecule has 0 spiro atoms. The van der Waals surface area contributed by atoms with Crippen LogP contribution in [0, 0.1) is 5.82 Å². The molecule has 1 fully saturated rings. The van der Waals surface area contributed by atoms with E-state index in [4.69, 9.17) is 11.6 Å². The fourth-order valence-electron chi connectivity index (χ4n) is 4.19. The lowest BCUT2D eigenvalue weighted by molar-refractivity contribution is -0.142. The number of hydrogen-bond acceptors (Lipinski definition) is 4. The van der Waals surface area contributed by atoms with E-state index < -0.39 is 17.8 Å². The molecule has 5 rings (SSSR count). The van der Waals surface area contributed by atoms with Crippen LogP contribution in [-0.2, 0) is 12.7 Å². The molecule has 11 heteroatoms. The predicted molar refractivity (Wildman–Crippen MR) is 126 cm³/mol. The number of carbonyl (C=O) groups excluding carboxylic acids is 1.